The Bertz CT molecular complexity index is 657. The van der Waals surface area contributed by atoms with Crippen molar-refractivity contribution in [1.29, 1.82) is 0 Å². The Morgan fingerprint density at radius 2 is 1.80 bits per heavy atom. The van der Waals surface area contributed by atoms with E-state index in [1.165, 1.54) is 0 Å². The zero-order valence-electron chi connectivity index (χ0n) is 10.8. The molecular weight excluding hydrogens is 276 g/mol. The standard InChI is InChI=1S/C14H16N2O3S/c15-12-5-4-8-14(11-12)19-9-10-20(17,18)16-13-6-2-1-3-7-13/h1-8,11,16H,9-10,15H2. The Balaban J connectivity index is 1.87. The van der Waals surface area contributed by atoms with Crippen LogP contribution in [0, 0.1) is 0 Å². The first-order valence-electron chi connectivity index (χ1n) is 6.09. The lowest BCUT2D eigenvalue weighted by atomic mass is 10.3. The molecule has 0 aliphatic rings. The lowest BCUT2D eigenvalue weighted by Gasteiger charge is -2.09. The maximum absolute atomic E-state index is 11.8. The van der Waals surface area contributed by atoms with Crippen LogP contribution in [0.1, 0.15) is 0 Å². The number of nitrogens with two attached hydrogens (primary N) is 1. The van der Waals surface area contributed by atoms with Crippen LogP contribution in [0.4, 0.5) is 11.4 Å². The molecular formula is C14H16N2O3S. The lowest BCUT2D eigenvalue weighted by molar-refractivity contribution is 0.341. The maximum atomic E-state index is 11.8. The summed E-state index contributed by atoms with van der Waals surface area (Å²) < 4.78 is 31.5. The highest BCUT2D eigenvalue weighted by molar-refractivity contribution is 7.92. The summed E-state index contributed by atoms with van der Waals surface area (Å²) >= 11 is 0. The second-order valence-corrected chi connectivity index (χ2v) is 6.05. The molecule has 0 bridgehead atoms. The highest BCUT2D eigenvalue weighted by Crippen LogP contribution is 2.14. The zero-order valence-corrected chi connectivity index (χ0v) is 11.6. The second kappa shape index (κ2) is 6.29. The zero-order chi connectivity index (χ0) is 14.4. The maximum Gasteiger partial charge on any atom is 0.236 e. The van der Waals surface area contributed by atoms with Crippen molar-refractivity contribution in [2.24, 2.45) is 0 Å². The van der Waals surface area contributed by atoms with Gasteiger partial charge in [0.1, 0.15) is 18.1 Å². The number of anilines is 2. The van der Waals surface area contributed by atoms with Crippen LogP contribution in [0.25, 0.3) is 0 Å². The van der Waals surface area contributed by atoms with Gasteiger partial charge in [-0.25, -0.2) is 8.42 Å². The van der Waals surface area contributed by atoms with Crippen LogP contribution in [0.3, 0.4) is 0 Å². The van der Waals surface area contributed by atoms with E-state index in [0.29, 0.717) is 17.1 Å². The topological polar surface area (TPSA) is 81.4 Å². The van der Waals surface area contributed by atoms with Crippen LogP contribution < -0.4 is 15.2 Å². The number of para-hydroxylation sites is 1. The Hall–Kier alpha value is -2.21. The van der Waals surface area contributed by atoms with E-state index in [1.807, 2.05) is 6.07 Å². The molecule has 0 amide bonds. The number of nitrogens with one attached hydrogen (secondary N) is 1. The second-order valence-electron chi connectivity index (χ2n) is 4.21. The van der Waals surface area contributed by atoms with E-state index in [1.54, 1.807) is 48.5 Å². The van der Waals surface area contributed by atoms with Crippen molar-refractivity contribution in [2.75, 3.05) is 22.8 Å². The molecule has 106 valence electrons. The van der Waals surface area contributed by atoms with Gasteiger partial charge in [0.25, 0.3) is 0 Å². The van der Waals surface area contributed by atoms with Gasteiger partial charge in [-0.2, -0.15) is 0 Å². The number of ether oxygens (including phenoxy) is 1. The van der Waals surface area contributed by atoms with Crippen LogP contribution in [0.5, 0.6) is 5.75 Å². The fourth-order valence-electron chi connectivity index (χ4n) is 1.61. The molecule has 20 heavy (non-hydrogen) atoms. The predicted molar refractivity (Wildman–Crippen MR) is 80.2 cm³/mol. The fraction of sp³-hybridized carbons (Fsp3) is 0.143. The molecule has 2 rings (SSSR count). The molecule has 2 aromatic carbocycles. The van der Waals surface area contributed by atoms with Crippen LogP contribution in [0.2, 0.25) is 0 Å². The van der Waals surface area contributed by atoms with Gasteiger partial charge in [-0.1, -0.05) is 24.3 Å². The largest absolute Gasteiger partial charge is 0.492 e. The van der Waals surface area contributed by atoms with Gasteiger partial charge in [-0.05, 0) is 24.3 Å². The van der Waals surface area contributed by atoms with Crippen molar-refractivity contribution in [3.8, 4) is 5.75 Å². The molecule has 0 saturated carbocycles. The summed E-state index contributed by atoms with van der Waals surface area (Å²) in [6.07, 6.45) is 0. The van der Waals surface area contributed by atoms with E-state index in [4.69, 9.17) is 10.5 Å². The molecule has 0 heterocycles. The summed E-state index contributed by atoms with van der Waals surface area (Å²) in [4.78, 5) is 0. The molecule has 0 fully saturated rings. The van der Waals surface area contributed by atoms with E-state index in [0.717, 1.165) is 0 Å². The quantitative estimate of drug-likeness (QED) is 0.799. The van der Waals surface area contributed by atoms with E-state index in [2.05, 4.69) is 4.72 Å². The van der Waals surface area contributed by atoms with Crippen molar-refractivity contribution in [2.45, 2.75) is 0 Å². The summed E-state index contributed by atoms with van der Waals surface area (Å²) in [6, 6.07) is 15.6. The highest BCUT2D eigenvalue weighted by Gasteiger charge is 2.10. The van der Waals surface area contributed by atoms with Crippen LogP contribution >= 0.6 is 0 Å². The number of rotatable bonds is 6. The van der Waals surface area contributed by atoms with E-state index < -0.39 is 10.0 Å². The minimum absolute atomic E-state index is 0.0611. The molecule has 0 spiro atoms. The van der Waals surface area contributed by atoms with Crippen molar-refractivity contribution in [3.63, 3.8) is 0 Å². The Kier molecular flexibility index (Phi) is 4.47. The van der Waals surface area contributed by atoms with E-state index in [9.17, 15) is 8.42 Å². The molecule has 0 aromatic heterocycles. The molecule has 3 N–H and O–H groups in total. The molecule has 6 heteroatoms. The lowest BCUT2D eigenvalue weighted by Crippen LogP contribution is -2.21. The predicted octanol–water partition coefficient (Wildman–Crippen LogP) is 2.09. The molecule has 0 saturated heterocycles. The van der Waals surface area contributed by atoms with Gasteiger partial charge in [-0.3, -0.25) is 4.72 Å². The third-order valence-electron chi connectivity index (χ3n) is 2.53. The SMILES string of the molecule is Nc1cccc(OCCS(=O)(=O)Nc2ccccc2)c1. The minimum atomic E-state index is -3.42. The van der Waals surface area contributed by atoms with Crippen LogP contribution in [0.15, 0.2) is 54.6 Å². The van der Waals surface area contributed by atoms with Crippen LogP contribution in [-0.2, 0) is 10.0 Å². The first kappa shape index (κ1) is 14.2. The normalized spacial score (nSPS) is 11.0. The summed E-state index contributed by atoms with van der Waals surface area (Å²) in [6.45, 7) is 0.0611. The molecule has 0 aliphatic carbocycles. The smallest absolute Gasteiger partial charge is 0.236 e. The van der Waals surface area contributed by atoms with Crippen molar-refractivity contribution >= 4 is 21.4 Å². The molecule has 0 radical (unpaired) electrons. The van der Waals surface area contributed by atoms with Gasteiger partial charge in [-0.15, -0.1) is 0 Å². The van der Waals surface area contributed by atoms with Gasteiger partial charge in [0.05, 0.1) is 0 Å². The summed E-state index contributed by atoms with van der Waals surface area (Å²) in [5.74, 6) is 0.427. The molecule has 0 atom stereocenters. The first-order chi connectivity index (χ1) is 9.55. The van der Waals surface area contributed by atoms with Gasteiger partial charge < -0.3 is 10.5 Å². The Morgan fingerprint density at radius 1 is 1.05 bits per heavy atom. The Labute approximate surface area is 118 Å². The molecule has 0 unspecified atom stereocenters. The van der Waals surface area contributed by atoms with Gasteiger partial charge in [0.2, 0.25) is 10.0 Å². The average molecular weight is 292 g/mol. The minimum Gasteiger partial charge on any atom is -0.492 e. The van der Waals surface area contributed by atoms with Crippen molar-refractivity contribution < 1.29 is 13.2 Å². The van der Waals surface area contributed by atoms with Crippen molar-refractivity contribution in [3.05, 3.63) is 54.6 Å². The van der Waals surface area contributed by atoms with E-state index in [-0.39, 0.29) is 12.4 Å². The molecule has 2 aromatic rings. The van der Waals surface area contributed by atoms with Gasteiger partial charge in [0.15, 0.2) is 0 Å². The highest BCUT2D eigenvalue weighted by atomic mass is 32.2. The monoisotopic (exact) mass is 292 g/mol. The van der Waals surface area contributed by atoms with Gasteiger partial charge in [0, 0.05) is 17.4 Å². The third-order valence-corrected chi connectivity index (χ3v) is 3.78. The summed E-state index contributed by atoms with van der Waals surface area (Å²) in [5, 5.41) is 0. The number of hydrogen-bond donors (Lipinski definition) is 2. The first-order valence-corrected chi connectivity index (χ1v) is 7.74. The van der Waals surface area contributed by atoms with Gasteiger partial charge >= 0.3 is 0 Å². The number of sulfonamides is 1. The summed E-state index contributed by atoms with van der Waals surface area (Å²) in [7, 11) is -3.42. The van der Waals surface area contributed by atoms with Crippen LogP contribution in [-0.4, -0.2) is 20.8 Å². The fourth-order valence-corrected chi connectivity index (χ4v) is 2.51. The Morgan fingerprint density at radius 3 is 2.50 bits per heavy atom. The molecule has 5 nitrogen and oxygen atoms in total. The average Bonchev–Trinajstić information content (AvgIpc) is 2.39. The number of nitrogen functional groups attached to an aromatic ring is 1. The number of hydrogen-bond acceptors (Lipinski definition) is 4. The summed E-state index contributed by atoms with van der Waals surface area (Å²) in [5.41, 5.74) is 6.72. The number of benzene rings is 2. The van der Waals surface area contributed by atoms with Crippen molar-refractivity contribution in [1.82, 2.24) is 0 Å². The van der Waals surface area contributed by atoms with E-state index >= 15 is 0 Å². The third kappa shape index (κ3) is 4.47. The molecule has 0 aliphatic heterocycles.